The number of nitrogens with zero attached hydrogens (tertiary/aromatic N) is 1. The number of nitrogens with one attached hydrogen (secondary N) is 1. The van der Waals surface area contributed by atoms with E-state index in [4.69, 9.17) is 4.74 Å². The molecular weight excluding hydrogens is 305 g/mol. The molecule has 114 valence electrons. The summed E-state index contributed by atoms with van der Waals surface area (Å²) in [6, 6.07) is 3.98. The van der Waals surface area contributed by atoms with E-state index in [9.17, 15) is 18.3 Å². The van der Waals surface area contributed by atoms with Gasteiger partial charge in [0.25, 0.3) is 0 Å². The highest BCUT2D eigenvalue weighted by Gasteiger charge is 2.40. The average molecular weight is 318 g/mol. The first-order chi connectivity index (χ1) is 9.91. The fraction of sp³-hybridized carbons (Fsp3) is 0.308. The summed E-state index contributed by atoms with van der Waals surface area (Å²) >= 11 is 1.39. The van der Waals surface area contributed by atoms with E-state index >= 15 is 0 Å². The molecule has 0 saturated heterocycles. The number of methoxy groups -OCH3 is 1. The maximum Gasteiger partial charge on any atom is 0.418 e. The Balaban J connectivity index is 2.27. The summed E-state index contributed by atoms with van der Waals surface area (Å²) in [5.41, 5.74) is 2.25. The molecule has 1 heterocycles. The lowest BCUT2D eigenvalue weighted by atomic mass is 10.1. The number of hydrogen-bond acceptors (Lipinski definition) is 5. The molecule has 0 aliphatic carbocycles. The minimum Gasteiger partial charge on any atom is -0.497 e. The maximum atomic E-state index is 12.7. The Morgan fingerprint density at radius 3 is 2.76 bits per heavy atom. The molecule has 2 aromatic rings. The molecule has 1 unspecified atom stereocenters. The van der Waals surface area contributed by atoms with Crippen molar-refractivity contribution in [3.05, 3.63) is 40.3 Å². The van der Waals surface area contributed by atoms with Crippen molar-refractivity contribution < 1.29 is 23.0 Å². The van der Waals surface area contributed by atoms with Gasteiger partial charge in [-0.1, -0.05) is 6.07 Å². The lowest BCUT2D eigenvalue weighted by Crippen LogP contribution is -2.21. The van der Waals surface area contributed by atoms with Gasteiger partial charge in [0.15, 0.2) is 6.10 Å². The Morgan fingerprint density at radius 2 is 2.19 bits per heavy atom. The van der Waals surface area contributed by atoms with E-state index in [0.717, 1.165) is 0 Å². The van der Waals surface area contributed by atoms with Gasteiger partial charge in [-0.2, -0.15) is 13.2 Å². The number of aliphatic hydroxyl groups is 1. The molecule has 0 radical (unpaired) electrons. The van der Waals surface area contributed by atoms with Gasteiger partial charge < -0.3 is 15.2 Å². The normalized spacial score (nSPS) is 13.0. The molecule has 0 saturated carbocycles. The molecule has 0 amide bonds. The number of aromatic nitrogens is 1. The van der Waals surface area contributed by atoms with Crippen molar-refractivity contribution >= 4 is 17.0 Å². The number of benzene rings is 1. The maximum absolute atomic E-state index is 12.7. The van der Waals surface area contributed by atoms with Gasteiger partial charge in [-0.25, -0.2) is 4.98 Å². The summed E-state index contributed by atoms with van der Waals surface area (Å²) in [5, 5.41) is 14.1. The lowest BCUT2D eigenvalue weighted by Gasteiger charge is -2.19. The topological polar surface area (TPSA) is 54.4 Å². The summed E-state index contributed by atoms with van der Waals surface area (Å²) in [5.74, 6) is 0.397. The van der Waals surface area contributed by atoms with E-state index in [1.807, 2.05) is 0 Å². The molecule has 4 nitrogen and oxygen atoms in total. The van der Waals surface area contributed by atoms with Crippen LogP contribution in [0.3, 0.4) is 0 Å². The van der Waals surface area contributed by atoms with Crippen molar-refractivity contribution in [2.45, 2.75) is 18.8 Å². The molecule has 21 heavy (non-hydrogen) atoms. The van der Waals surface area contributed by atoms with Gasteiger partial charge in [0.2, 0.25) is 0 Å². The van der Waals surface area contributed by atoms with Crippen LogP contribution in [0.1, 0.15) is 17.4 Å². The van der Waals surface area contributed by atoms with Crippen molar-refractivity contribution in [2.24, 2.45) is 0 Å². The number of rotatable bonds is 5. The largest absolute Gasteiger partial charge is 0.497 e. The van der Waals surface area contributed by atoms with Crippen molar-refractivity contribution in [2.75, 3.05) is 12.4 Å². The molecule has 1 aromatic carbocycles. The molecule has 1 atom stereocenters. The molecule has 8 heteroatoms. The van der Waals surface area contributed by atoms with Crippen molar-refractivity contribution in [3.63, 3.8) is 0 Å². The van der Waals surface area contributed by atoms with Gasteiger partial charge >= 0.3 is 6.18 Å². The third kappa shape index (κ3) is 3.85. The van der Waals surface area contributed by atoms with Crippen molar-refractivity contribution in [1.82, 2.24) is 4.98 Å². The summed E-state index contributed by atoms with van der Waals surface area (Å²) < 4.78 is 43.1. The van der Waals surface area contributed by atoms with E-state index in [0.29, 0.717) is 11.4 Å². The van der Waals surface area contributed by atoms with E-state index < -0.39 is 12.3 Å². The van der Waals surface area contributed by atoms with Gasteiger partial charge in [0, 0.05) is 22.7 Å². The Labute approximate surface area is 123 Å². The van der Waals surface area contributed by atoms with E-state index in [-0.39, 0.29) is 17.8 Å². The van der Waals surface area contributed by atoms with Gasteiger partial charge in [0.1, 0.15) is 5.75 Å². The first kappa shape index (κ1) is 15.6. The zero-order chi connectivity index (χ0) is 15.5. The molecule has 0 spiro atoms. The van der Waals surface area contributed by atoms with Crippen LogP contribution in [-0.4, -0.2) is 23.4 Å². The summed E-state index contributed by atoms with van der Waals surface area (Å²) in [4.78, 5) is 4.04. The van der Waals surface area contributed by atoms with Crippen LogP contribution in [0.5, 0.6) is 5.75 Å². The first-order valence-electron chi connectivity index (χ1n) is 5.95. The second-order valence-electron chi connectivity index (χ2n) is 4.23. The van der Waals surface area contributed by atoms with E-state index in [2.05, 4.69) is 10.3 Å². The van der Waals surface area contributed by atoms with Gasteiger partial charge in [-0.15, -0.1) is 11.3 Å². The molecule has 0 fully saturated rings. The van der Waals surface area contributed by atoms with Crippen molar-refractivity contribution in [3.8, 4) is 5.75 Å². The average Bonchev–Trinajstić information content (AvgIpc) is 2.96. The predicted octanol–water partition coefficient (Wildman–Crippen LogP) is 3.36. The highest BCUT2D eigenvalue weighted by molar-refractivity contribution is 7.07. The van der Waals surface area contributed by atoms with Crippen molar-refractivity contribution in [1.29, 1.82) is 0 Å². The fourth-order valence-corrected chi connectivity index (χ4v) is 2.30. The fourth-order valence-electron chi connectivity index (χ4n) is 1.74. The summed E-state index contributed by atoms with van der Waals surface area (Å²) in [6.45, 7) is 0.258. The van der Waals surface area contributed by atoms with Crippen LogP contribution in [-0.2, 0) is 6.54 Å². The number of thiazole rings is 1. The number of alkyl halides is 3. The third-order valence-corrected chi connectivity index (χ3v) is 3.44. The minimum absolute atomic E-state index is 0.159. The minimum atomic E-state index is -4.73. The second kappa shape index (κ2) is 6.31. The quantitative estimate of drug-likeness (QED) is 0.887. The van der Waals surface area contributed by atoms with Crippen LogP contribution >= 0.6 is 11.3 Å². The van der Waals surface area contributed by atoms with Gasteiger partial charge in [-0.3, -0.25) is 0 Å². The molecule has 2 rings (SSSR count). The zero-order valence-electron chi connectivity index (χ0n) is 11.0. The van der Waals surface area contributed by atoms with Gasteiger partial charge in [-0.05, 0) is 6.07 Å². The summed E-state index contributed by atoms with van der Waals surface area (Å²) in [6.07, 6.45) is -7.28. The van der Waals surface area contributed by atoms with Crippen LogP contribution in [0.15, 0.2) is 29.1 Å². The van der Waals surface area contributed by atoms with E-state index in [1.54, 1.807) is 10.9 Å². The Hall–Kier alpha value is -1.80. The number of ether oxygens (including phenoxy) is 1. The molecular formula is C13H13F3N2O2S. The van der Waals surface area contributed by atoms with Crippen LogP contribution in [0.25, 0.3) is 0 Å². The SMILES string of the molecule is COc1ccc(C(O)C(F)(F)F)c(NCc2cscn2)c1. The van der Waals surface area contributed by atoms with Crippen LogP contribution < -0.4 is 10.1 Å². The standard InChI is InChI=1S/C13H13F3N2O2S/c1-20-9-2-3-10(12(19)13(14,15)16)11(4-9)17-5-8-6-21-7-18-8/h2-4,6-7,12,17,19H,5H2,1H3. The lowest BCUT2D eigenvalue weighted by molar-refractivity contribution is -0.206. The van der Waals surface area contributed by atoms with Crippen LogP contribution in [0.2, 0.25) is 0 Å². The van der Waals surface area contributed by atoms with Crippen LogP contribution in [0, 0.1) is 0 Å². The smallest absolute Gasteiger partial charge is 0.418 e. The number of anilines is 1. The Bertz CT molecular complexity index is 588. The van der Waals surface area contributed by atoms with Crippen LogP contribution in [0.4, 0.5) is 18.9 Å². The highest BCUT2D eigenvalue weighted by atomic mass is 32.1. The molecule has 0 aliphatic rings. The monoisotopic (exact) mass is 318 g/mol. The Kier molecular flexibility index (Phi) is 4.69. The van der Waals surface area contributed by atoms with E-state index in [1.165, 1.54) is 36.6 Å². The number of halogens is 3. The first-order valence-corrected chi connectivity index (χ1v) is 6.89. The molecule has 0 bridgehead atoms. The Morgan fingerprint density at radius 1 is 1.43 bits per heavy atom. The number of hydrogen-bond donors (Lipinski definition) is 2. The summed E-state index contributed by atoms with van der Waals surface area (Å²) in [7, 11) is 1.42. The molecule has 2 N–H and O–H groups in total. The van der Waals surface area contributed by atoms with Gasteiger partial charge in [0.05, 0.1) is 24.9 Å². The number of aliphatic hydroxyl groups excluding tert-OH is 1. The second-order valence-corrected chi connectivity index (χ2v) is 4.95. The highest BCUT2D eigenvalue weighted by Crippen LogP contribution is 2.37. The predicted molar refractivity (Wildman–Crippen MR) is 73.4 cm³/mol. The molecule has 1 aromatic heterocycles. The third-order valence-electron chi connectivity index (χ3n) is 2.81. The zero-order valence-corrected chi connectivity index (χ0v) is 11.8. The molecule has 0 aliphatic heterocycles.